The lowest BCUT2D eigenvalue weighted by molar-refractivity contribution is -0.219. The van der Waals surface area contributed by atoms with Crippen LogP contribution in [0.3, 0.4) is 0 Å². The molecule has 0 aromatic heterocycles. The first-order valence-electron chi connectivity index (χ1n) is 11.4. The normalized spacial score (nSPS) is 10.4. The maximum atomic E-state index is 13.6. The van der Waals surface area contributed by atoms with E-state index in [9.17, 15) is 14.4 Å². The van der Waals surface area contributed by atoms with Crippen molar-refractivity contribution in [3.05, 3.63) is 96.1 Å². The van der Waals surface area contributed by atoms with Gasteiger partial charge < -0.3 is 18.9 Å². The van der Waals surface area contributed by atoms with Crippen molar-refractivity contribution in [2.45, 2.75) is 33.5 Å². The lowest BCUT2D eigenvalue weighted by Gasteiger charge is -2.33. The molecule has 0 saturated heterocycles. The molecule has 7 nitrogen and oxygen atoms in total. The second-order valence-corrected chi connectivity index (χ2v) is 7.21. The summed E-state index contributed by atoms with van der Waals surface area (Å²) in [6, 6.07) is 17.2. The summed E-state index contributed by atoms with van der Waals surface area (Å²) in [7, 11) is 0. The van der Waals surface area contributed by atoms with E-state index in [1.54, 1.807) is 60.7 Å². The molecule has 0 aliphatic rings. The molecule has 7 heteroatoms. The summed E-state index contributed by atoms with van der Waals surface area (Å²) in [4.78, 5) is 37.0. The fraction of sp³-hybridized carbons (Fsp3) is 0.321. The maximum Gasteiger partial charge on any atom is 0.333 e. The highest BCUT2D eigenvalue weighted by molar-refractivity contribution is 6.02. The fourth-order valence-corrected chi connectivity index (χ4v) is 2.79. The number of ether oxygens (including phenoxy) is 4. The lowest BCUT2D eigenvalue weighted by Crippen LogP contribution is -2.43. The van der Waals surface area contributed by atoms with E-state index in [4.69, 9.17) is 18.9 Å². The summed E-state index contributed by atoms with van der Waals surface area (Å²) >= 11 is 0. The molecule has 2 rings (SSSR count). The number of carbonyl (C=O) groups excluding carboxylic acids is 3. The van der Waals surface area contributed by atoms with Crippen LogP contribution in [0.1, 0.15) is 43.6 Å². The molecule has 0 fully saturated rings. The van der Waals surface area contributed by atoms with E-state index in [-0.39, 0.29) is 37.6 Å². The van der Waals surface area contributed by atoms with Crippen molar-refractivity contribution in [2.75, 3.05) is 26.4 Å². The standard InChI is InChI=1S/C26H28O7.C2H6/c1-19(2)24(28)30-15-17-32-26(22-13-9-6-10-14-22,23(27)21-11-7-5-8-12-21)33-18-16-31-25(29)20(3)4;1-2/h5-14H,1,3,15-18H2,2,4H3;1-2H3. The minimum atomic E-state index is -1.85. The lowest BCUT2D eigenvalue weighted by atomic mass is 9.95. The van der Waals surface area contributed by atoms with Crippen LogP contribution in [-0.4, -0.2) is 44.1 Å². The second kappa shape index (κ2) is 15.4. The molecule has 0 heterocycles. The van der Waals surface area contributed by atoms with Crippen LogP contribution in [0.2, 0.25) is 0 Å². The van der Waals surface area contributed by atoms with Gasteiger partial charge in [0.05, 0.1) is 13.2 Å². The average Bonchev–Trinajstić information content (AvgIpc) is 2.89. The molecule has 2 aromatic carbocycles. The Kier molecular flexibility index (Phi) is 12.9. The van der Waals surface area contributed by atoms with Crippen LogP contribution < -0.4 is 0 Å². The van der Waals surface area contributed by atoms with E-state index in [1.807, 2.05) is 13.8 Å². The summed E-state index contributed by atoms with van der Waals surface area (Å²) in [6.45, 7) is 13.6. The van der Waals surface area contributed by atoms with Gasteiger partial charge in [-0.2, -0.15) is 0 Å². The molecule has 0 unspecified atom stereocenters. The van der Waals surface area contributed by atoms with E-state index in [2.05, 4.69) is 13.2 Å². The molecule has 0 saturated carbocycles. The molecule has 0 atom stereocenters. The summed E-state index contributed by atoms with van der Waals surface area (Å²) in [6.07, 6.45) is 0. The van der Waals surface area contributed by atoms with E-state index in [0.717, 1.165) is 0 Å². The molecule has 35 heavy (non-hydrogen) atoms. The van der Waals surface area contributed by atoms with Crippen LogP contribution in [-0.2, 0) is 34.3 Å². The Balaban J connectivity index is 0.00000298. The fourth-order valence-electron chi connectivity index (χ4n) is 2.79. The zero-order valence-corrected chi connectivity index (χ0v) is 20.9. The molecule has 0 N–H and O–H groups in total. The Morgan fingerprint density at radius 1 is 0.686 bits per heavy atom. The maximum absolute atomic E-state index is 13.6. The van der Waals surface area contributed by atoms with Gasteiger partial charge in [0.25, 0.3) is 5.79 Å². The number of hydrogen-bond donors (Lipinski definition) is 0. The minimum Gasteiger partial charge on any atom is -0.460 e. The van der Waals surface area contributed by atoms with Crippen LogP contribution in [0.4, 0.5) is 0 Å². The molecule has 0 bridgehead atoms. The minimum absolute atomic E-state index is 0.115. The zero-order valence-electron chi connectivity index (χ0n) is 20.9. The third-order valence-electron chi connectivity index (χ3n) is 4.43. The van der Waals surface area contributed by atoms with Crippen molar-refractivity contribution in [2.24, 2.45) is 0 Å². The predicted molar refractivity (Wildman–Crippen MR) is 134 cm³/mol. The highest BCUT2D eigenvalue weighted by Crippen LogP contribution is 2.32. The molecule has 188 valence electrons. The van der Waals surface area contributed by atoms with Crippen LogP contribution in [0.5, 0.6) is 0 Å². The van der Waals surface area contributed by atoms with Gasteiger partial charge in [0.2, 0.25) is 5.78 Å². The number of Topliss-reactive ketones (excluding diaryl/α,β-unsaturated/α-hetero) is 1. The average molecular weight is 483 g/mol. The molecule has 0 aliphatic carbocycles. The molecule has 0 aliphatic heterocycles. The quantitative estimate of drug-likeness (QED) is 0.130. The van der Waals surface area contributed by atoms with Gasteiger partial charge in [-0.15, -0.1) is 0 Å². The Hall–Kier alpha value is -3.55. The molecule has 0 radical (unpaired) electrons. The Labute approximate surface area is 207 Å². The SMILES string of the molecule is C=C(C)C(=O)OCCOC(OCCOC(=O)C(=C)C)(C(=O)c1ccccc1)c1ccccc1.CC. The van der Waals surface area contributed by atoms with E-state index >= 15 is 0 Å². The third kappa shape index (κ3) is 8.96. The van der Waals surface area contributed by atoms with Crippen molar-refractivity contribution in [3.8, 4) is 0 Å². The van der Waals surface area contributed by atoms with Crippen molar-refractivity contribution in [1.82, 2.24) is 0 Å². The monoisotopic (exact) mass is 482 g/mol. The van der Waals surface area contributed by atoms with Gasteiger partial charge in [-0.25, -0.2) is 9.59 Å². The first-order chi connectivity index (χ1) is 16.8. The highest BCUT2D eigenvalue weighted by atomic mass is 16.7. The second-order valence-electron chi connectivity index (χ2n) is 7.21. The van der Waals surface area contributed by atoms with Crippen molar-refractivity contribution >= 4 is 17.7 Å². The molecule has 2 aromatic rings. The highest BCUT2D eigenvalue weighted by Gasteiger charge is 2.43. The number of hydrogen-bond acceptors (Lipinski definition) is 7. The van der Waals surface area contributed by atoms with E-state index < -0.39 is 23.5 Å². The number of benzene rings is 2. The largest absolute Gasteiger partial charge is 0.460 e. The first kappa shape index (κ1) is 29.5. The molecule has 0 amide bonds. The van der Waals surface area contributed by atoms with Gasteiger partial charge in [0.1, 0.15) is 13.2 Å². The Morgan fingerprint density at radius 3 is 1.49 bits per heavy atom. The number of ketones is 1. The predicted octanol–water partition coefficient (Wildman–Crippen LogP) is 5.02. The van der Waals surface area contributed by atoms with Crippen molar-refractivity contribution < 1.29 is 33.3 Å². The van der Waals surface area contributed by atoms with Crippen LogP contribution >= 0.6 is 0 Å². The number of rotatable bonds is 13. The summed E-state index contributed by atoms with van der Waals surface area (Å²) in [5, 5.41) is 0. The summed E-state index contributed by atoms with van der Waals surface area (Å²) in [5.41, 5.74) is 1.30. The van der Waals surface area contributed by atoms with Gasteiger partial charge in [0.15, 0.2) is 0 Å². The van der Waals surface area contributed by atoms with Gasteiger partial charge in [-0.3, -0.25) is 4.79 Å². The number of carbonyl (C=O) groups is 3. The van der Waals surface area contributed by atoms with Gasteiger partial charge in [-0.1, -0.05) is 87.7 Å². The zero-order chi connectivity index (χ0) is 26.3. The Morgan fingerprint density at radius 2 is 1.09 bits per heavy atom. The van der Waals surface area contributed by atoms with E-state index in [1.165, 1.54) is 13.8 Å². The topological polar surface area (TPSA) is 88.1 Å². The Bertz CT molecular complexity index is 947. The van der Waals surface area contributed by atoms with Gasteiger partial charge in [-0.05, 0) is 13.8 Å². The van der Waals surface area contributed by atoms with Crippen LogP contribution in [0, 0.1) is 0 Å². The molecular formula is C28H34O7. The van der Waals surface area contributed by atoms with Crippen molar-refractivity contribution in [1.29, 1.82) is 0 Å². The number of esters is 2. The summed E-state index contributed by atoms with van der Waals surface area (Å²) < 4.78 is 22.1. The van der Waals surface area contributed by atoms with Crippen molar-refractivity contribution in [3.63, 3.8) is 0 Å². The van der Waals surface area contributed by atoms with Crippen LogP contribution in [0.15, 0.2) is 85.0 Å². The molecular weight excluding hydrogens is 448 g/mol. The van der Waals surface area contributed by atoms with Crippen LogP contribution in [0.25, 0.3) is 0 Å². The third-order valence-corrected chi connectivity index (χ3v) is 4.43. The molecule has 0 spiro atoms. The summed E-state index contributed by atoms with van der Waals surface area (Å²) in [5.74, 6) is -3.43. The first-order valence-corrected chi connectivity index (χ1v) is 11.4. The smallest absolute Gasteiger partial charge is 0.333 e. The van der Waals surface area contributed by atoms with Gasteiger partial charge in [0, 0.05) is 22.3 Å². The van der Waals surface area contributed by atoms with Gasteiger partial charge >= 0.3 is 11.9 Å². The van der Waals surface area contributed by atoms with E-state index in [0.29, 0.717) is 11.1 Å².